The number of amidine groups is 1. The van der Waals surface area contributed by atoms with E-state index in [-0.39, 0.29) is 29.8 Å². The first-order chi connectivity index (χ1) is 20.4. The van der Waals surface area contributed by atoms with Gasteiger partial charge in [0.15, 0.2) is 0 Å². The summed E-state index contributed by atoms with van der Waals surface area (Å²) in [7, 11) is 0. The lowest BCUT2D eigenvalue weighted by Crippen LogP contribution is -2.44. The van der Waals surface area contributed by atoms with Crippen LogP contribution >= 0.6 is 11.6 Å². The molecule has 3 aliphatic rings. The lowest BCUT2D eigenvalue weighted by molar-refractivity contribution is -0.126. The summed E-state index contributed by atoms with van der Waals surface area (Å²) in [6.45, 7) is 12.6. The van der Waals surface area contributed by atoms with Gasteiger partial charge in [0.1, 0.15) is 5.84 Å². The molecule has 2 aromatic carbocycles. The first kappa shape index (κ1) is 31.7. The fraction of sp³-hybridized carbons (Fsp3) is 0.571. The zero-order chi connectivity index (χ0) is 30.9. The van der Waals surface area contributed by atoms with Gasteiger partial charge in [0.2, 0.25) is 5.91 Å². The Kier molecular flexibility index (Phi) is 9.64. The van der Waals surface area contributed by atoms with E-state index >= 15 is 0 Å². The van der Waals surface area contributed by atoms with Crippen molar-refractivity contribution in [3.63, 3.8) is 0 Å². The van der Waals surface area contributed by atoms with Crippen LogP contribution in [0.15, 0.2) is 41.4 Å². The van der Waals surface area contributed by atoms with E-state index in [9.17, 15) is 14.7 Å². The predicted octanol–water partition coefficient (Wildman–Crippen LogP) is 6.32. The average molecular weight is 607 g/mol. The van der Waals surface area contributed by atoms with E-state index in [2.05, 4.69) is 33.3 Å². The molecule has 1 saturated carbocycles. The molecule has 7 nitrogen and oxygen atoms in total. The van der Waals surface area contributed by atoms with Gasteiger partial charge in [-0.2, -0.15) is 4.99 Å². The topological polar surface area (TPSA) is 85.2 Å². The number of carbonyl (C=O) groups excluding carboxylic acids is 2. The molecule has 1 aliphatic carbocycles. The van der Waals surface area contributed by atoms with E-state index in [1.807, 2.05) is 40.7 Å². The van der Waals surface area contributed by atoms with Gasteiger partial charge in [-0.1, -0.05) is 29.8 Å². The summed E-state index contributed by atoms with van der Waals surface area (Å²) in [4.78, 5) is 35.6. The fourth-order valence-corrected chi connectivity index (χ4v) is 7.12. The van der Waals surface area contributed by atoms with Gasteiger partial charge in [-0.15, -0.1) is 0 Å². The third-order valence-electron chi connectivity index (χ3n) is 9.54. The summed E-state index contributed by atoms with van der Waals surface area (Å²) in [5.41, 5.74) is 4.34. The minimum atomic E-state index is -0.633. The molecule has 2 heterocycles. The lowest BCUT2D eigenvalue weighted by Gasteiger charge is -2.38. The number of aliphatic hydroxyl groups is 1. The van der Waals surface area contributed by atoms with Crippen LogP contribution < -0.4 is 10.2 Å². The molecular formula is C35H47ClN4O3. The number of piperidine rings is 1. The molecule has 2 N–H and O–H groups in total. The van der Waals surface area contributed by atoms with Crippen LogP contribution in [-0.4, -0.2) is 58.4 Å². The fourth-order valence-electron chi connectivity index (χ4n) is 6.94. The van der Waals surface area contributed by atoms with Crippen molar-refractivity contribution in [1.82, 2.24) is 10.2 Å². The maximum absolute atomic E-state index is 13.4. The van der Waals surface area contributed by atoms with Crippen molar-refractivity contribution in [2.24, 2.45) is 16.8 Å². The second-order valence-corrected chi connectivity index (χ2v) is 14.1. The number of halogens is 1. The SMILES string of the molecule is Cc1ccc(C(=O)N=C2Cc3ccc(CN4CCC(C(C)(C)O)CC4)cc3N2C2CCC(C(=O)NC(C)C)CC2)cc1Cl. The molecular weight excluding hydrogens is 560 g/mol. The number of anilines is 1. The number of amides is 2. The minimum absolute atomic E-state index is 0.0237. The Morgan fingerprint density at radius 1 is 1.05 bits per heavy atom. The van der Waals surface area contributed by atoms with E-state index in [1.165, 1.54) is 11.1 Å². The predicted molar refractivity (Wildman–Crippen MR) is 174 cm³/mol. The van der Waals surface area contributed by atoms with Gasteiger partial charge in [-0.25, -0.2) is 0 Å². The van der Waals surface area contributed by atoms with Crippen LogP contribution in [0.2, 0.25) is 5.02 Å². The number of benzene rings is 2. The molecule has 0 unspecified atom stereocenters. The molecule has 0 radical (unpaired) electrons. The Morgan fingerprint density at radius 3 is 2.37 bits per heavy atom. The van der Waals surface area contributed by atoms with Crippen LogP contribution in [0.4, 0.5) is 5.69 Å². The second-order valence-electron chi connectivity index (χ2n) is 13.7. The van der Waals surface area contributed by atoms with E-state index < -0.39 is 5.60 Å². The molecule has 2 aromatic rings. The number of carbonyl (C=O) groups is 2. The van der Waals surface area contributed by atoms with Crippen LogP contribution in [0.3, 0.4) is 0 Å². The lowest BCUT2D eigenvalue weighted by atomic mass is 9.83. The van der Waals surface area contributed by atoms with Gasteiger partial charge in [0.25, 0.3) is 5.91 Å². The number of aryl methyl sites for hydroxylation is 1. The quantitative estimate of drug-likeness (QED) is 0.385. The normalized spacial score (nSPS) is 22.7. The maximum atomic E-state index is 13.4. The van der Waals surface area contributed by atoms with Crippen molar-refractivity contribution in [2.75, 3.05) is 18.0 Å². The van der Waals surface area contributed by atoms with Gasteiger partial charge < -0.3 is 15.3 Å². The minimum Gasteiger partial charge on any atom is -0.390 e. The molecule has 2 aliphatic heterocycles. The highest BCUT2D eigenvalue weighted by molar-refractivity contribution is 6.31. The molecule has 2 fully saturated rings. The standard InChI is InChI=1S/C35H47ClN4O3/c1-22(2)37-33(41)25-10-12-29(13-11-25)40-31-18-24(21-39-16-14-28(15-17-39)35(4,5)43)7-9-26(31)20-32(40)38-34(42)27-8-6-23(3)30(36)19-27/h6-9,18-19,22,25,28-29,43H,10-17,20-21H2,1-5H3,(H,37,41). The Morgan fingerprint density at radius 2 is 1.74 bits per heavy atom. The van der Waals surface area contributed by atoms with Crippen molar-refractivity contribution < 1.29 is 14.7 Å². The van der Waals surface area contributed by atoms with E-state index in [0.717, 1.165) is 75.2 Å². The molecule has 43 heavy (non-hydrogen) atoms. The highest BCUT2D eigenvalue weighted by Gasteiger charge is 2.37. The molecule has 2 amide bonds. The third kappa shape index (κ3) is 7.50. The number of aliphatic imine (C=N–C) groups is 1. The number of hydrogen-bond acceptors (Lipinski definition) is 4. The zero-order valence-electron chi connectivity index (χ0n) is 26.3. The number of likely N-dealkylation sites (tertiary alicyclic amines) is 1. The number of nitrogens with zero attached hydrogens (tertiary/aromatic N) is 3. The summed E-state index contributed by atoms with van der Waals surface area (Å²) in [6.07, 6.45) is 5.97. The highest BCUT2D eigenvalue weighted by atomic mass is 35.5. The van der Waals surface area contributed by atoms with Crippen molar-refractivity contribution in [3.05, 3.63) is 63.7 Å². The summed E-state index contributed by atoms with van der Waals surface area (Å²) in [6, 6.07) is 12.3. The molecule has 8 heteroatoms. The first-order valence-electron chi connectivity index (χ1n) is 15.9. The molecule has 0 bridgehead atoms. The first-order valence-corrected chi connectivity index (χ1v) is 16.3. The van der Waals surface area contributed by atoms with Crippen LogP contribution in [0.25, 0.3) is 0 Å². The summed E-state index contributed by atoms with van der Waals surface area (Å²) in [5.74, 6) is 0.989. The van der Waals surface area contributed by atoms with Crippen molar-refractivity contribution >= 4 is 34.9 Å². The highest BCUT2D eigenvalue weighted by Crippen LogP contribution is 2.38. The number of rotatable bonds is 7. The molecule has 5 rings (SSSR count). The van der Waals surface area contributed by atoms with Crippen LogP contribution in [0.1, 0.15) is 93.3 Å². The van der Waals surface area contributed by atoms with E-state index in [1.54, 1.807) is 12.1 Å². The molecule has 0 spiro atoms. The number of nitrogens with one attached hydrogen (secondary N) is 1. The van der Waals surface area contributed by atoms with Gasteiger partial charge in [-0.05, 0) is 127 Å². The van der Waals surface area contributed by atoms with Crippen molar-refractivity contribution in [3.8, 4) is 0 Å². The van der Waals surface area contributed by atoms with Gasteiger partial charge in [-0.3, -0.25) is 14.5 Å². The maximum Gasteiger partial charge on any atom is 0.278 e. The largest absolute Gasteiger partial charge is 0.390 e. The molecule has 0 aromatic heterocycles. The van der Waals surface area contributed by atoms with Crippen LogP contribution in [0.5, 0.6) is 0 Å². The third-order valence-corrected chi connectivity index (χ3v) is 9.95. The van der Waals surface area contributed by atoms with Crippen LogP contribution in [-0.2, 0) is 17.8 Å². The van der Waals surface area contributed by atoms with Crippen molar-refractivity contribution in [1.29, 1.82) is 0 Å². The van der Waals surface area contributed by atoms with Gasteiger partial charge in [0, 0.05) is 47.2 Å². The van der Waals surface area contributed by atoms with Crippen LogP contribution in [0, 0.1) is 18.8 Å². The second kappa shape index (κ2) is 13.1. The summed E-state index contributed by atoms with van der Waals surface area (Å²) < 4.78 is 0. The number of hydrogen-bond donors (Lipinski definition) is 2. The summed E-state index contributed by atoms with van der Waals surface area (Å²) in [5, 5.41) is 14.1. The van der Waals surface area contributed by atoms with Crippen molar-refractivity contribution in [2.45, 2.75) is 104 Å². The van der Waals surface area contributed by atoms with Gasteiger partial charge in [0.05, 0.1) is 5.60 Å². The molecule has 1 saturated heterocycles. The van der Waals surface area contributed by atoms with Gasteiger partial charge >= 0.3 is 0 Å². The smallest absolute Gasteiger partial charge is 0.278 e. The Hall–Kier alpha value is -2.74. The number of fused-ring (bicyclic) bond motifs is 1. The molecule has 232 valence electrons. The average Bonchev–Trinajstić information content (AvgIpc) is 3.31. The Bertz CT molecular complexity index is 1370. The zero-order valence-corrected chi connectivity index (χ0v) is 27.1. The van der Waals surface area contributed by atoms with E-state index in [0.29, 0.717) is 22.9 Å². The Labute approximate surface area is 261 Å². The van der Waals surface area contributed by atoms with E-state index in [4.69, 9.17) is 16.6 Å². The monoisotopic (exact) mass is 606 g/mol. The Balaban J connectivity index is 1.37. The molecule has 0 atom stereocenters. The summed E-state index contributed by atoms with van der Waals surface area (Å²) >= 11 is 6.34.